The van der Waals surface area contributed by atoms with Crippen LogP contribution in [-0.2, 0) is 19.4 Å². The molecule has 0 N–H and O–H groups in total. The van der Waals surface area contributed by atoms with Crippen molar-refractivity contribution >= 4 is 5.52 Å². The average Bonchev–Trinajstić information content (AvgIpc) is 3.32. The van der Waals surface area contributed by atoms with Crippen LogP contribution in [0.3, 0.4) is 0 Å². The van der Waals surface area contributed by atoms with Crippen LogP contribution in [-0.4, -0.2) is 34.5 Å². The Morgan fingerprint density at radius 2 is 2.12 bits per heavy atom. The Bertz CT molecular complexity index is 981. The molecule has 0 unspecified atom stereocenters. The van der Waals surface area contributed by atoms with Gasteiger partial charge < -0.3 is 8.92 Å². The number of aryl methyl sites for hydroxylation is 4. The molecular formula is C16H17N7O. The van der Waals surface area contributed by atoms with Crippen LogP contribution in [0.5, 0.6) is 0 Å². The quantitative estimate of drug-likeness (QED) is 0.559. The van der Waals surface area contributed by atoms with Crippen molar-refractivity contribution in [1.82, 2.24) is 34.5 Å². The van der Waals surface area contributed by atoms with Gasteiger partial charge in [0, 0.05) is 25.6 Å². The molecule has 0 bridgehead atoms. The maximum absolute atomic E-state index is 5.11. The first-order valence-electron chi connectivity index (χ1n) is 7.90. The van der Waals surface area contributed by atoms with Crippen LogP contribution in [0.2, 0.25) is 0 Å². The fourth-order valence-electron chi connectivity index (χ4n) is 2.65. The highest BCUT2D eigenvalue weighted by Crippen LogP contribution is 2.22. The summed E-state index contributed by atoms with van der Waals surface area (Å²) in [5.41, 5.74) is 2.62. The average molecular weight is 323 g/mol. The summed E-state index contributed by atoms with van der Waals surface area (Å²) in [7, 11) is 0. The molecule has 0 fully saturated rings. The molecule has 0 aliphatic carbocycles. The van der Waals surface area contributed by atoms with E-state index >= 15 is 0 Å². The largest absolute Gasteiger partial charge is 0.339 e. The van der Waals surface area contributed by atoms with E-state index in [-0.39, 0.29) is 0 Å². The summed E-state index contributed by atoms with van der Waals surface area (Å²) < 4.78 is 8.93. The highest BCUT2D eigenvalue weighted by Gasteiger charge is 2.13. The number of hydrogen-bond donors (Lipinski definition) is 0. The van der Waals surface area contributed by atoms with Gasteiger partial charge in [0.25, 0.3) is 0 Å². The Kier molecular flexibility index (Phi) is 3.56. The Morgan fingerprint density at radius 3 is 2.96 bits per heavy atom. The molecule has 24 heavy (non-hydrogen) atoms. The SMILES string of the molecule is CCc1nc(CCn2cc(-c3nc(C)n4ccccc34)nn2)no1. The van der Waals surface area contributed by atoms with Crippen LogP contribution in [0, 0.1) is 6.92 Å². The molecule has 4 heterocycles. The van der Waals surface area contributed by atoms with Crippen molar-refractivity contribution in [2.75, 3.05) is 0 Å². The van der Waals surface area contributed by atoms with Gasteiger partial charge in [-0.15, -0.1) is 5.10 Å². The van der Waals surface area contributed by atoms with Crippen molar-refractivity contribution in [3.63, 3.8) is 0 Å². The Morgan fingerprint density at radius 1 is 1.21 bits per heavy atom. The van der Waals surface area contributed by atoms with Gasteiger partial charge in [-0.1, -0.05) is 23.4 Å². The Labute approximate surface area is 138 Å². The minimum atomic E-state index is 0.639. The summed E-state index contributed by atoms with van der Waals surface area (Å²) in [6.07, 6.45) is 5.28. The number of rotatable bonds is 5. The second kappa shape index (κ2) is 5.88. The van der Waals surface area contributed by atoms with E-state index in [1.54, 1.807) is 4.68 Å². The first-order valence-corrected chi connectivity index (χ1v) is 7.90. The number of nitrogens with zero attached hydrogens (tertiary/aromatic N) is 7. The van der Waals surface area contributed by atoms with Gasteiger partial charge in [-0.2, -0.15) is 4.98 Å². The summed E-state index contributed by atoms with van der Waals surface area (Å²) >= 11 is 0. The zero-order valence-corrected chi connectivity index (χ0v) is 13.5. The molecule has 4 rings (SSSR count). The van der Waals surface area contributed by atoms with Crippen LogP contribution in [0.1, 0.15) is 24.5 Å². The lowest BCUT2D eigenvalue weighted by Gasteiger charge is -1.95. The van der Waals surface area contributed by atoms with Gasteiger partial charge >= 0.3 is 0 Å². The maximum atomic E-state index is 5.11. The van der Waals surface area contributed by atoms with Crippen LogP contribution < -0.4 is 0 Å². The second-order valence-electron chi connectivity index (χ2n) is 5.54. The number of aromatic nitrogens is 7. The number of imidazole rings is 1. The van der Waals surface area contributed by atoms with E-state index in [1.165, 1.54) is 0 Å². The van der Waals surface area contributed by atoms with Gasteiger partial charge in [-0.3, -0.25) is 4.68 Å². The normalized spacial score (nSPS) is 11.4. The zero-order chi connectivity index (χ0) is 16.5. The Hall–Kier alpha value is -3.03. The fourth-order valence-corrected chi connectivity index (χ4v) is 2.65. The Balaban J connectivity index is 1.55. The molecule has 0 aromatic carbocycles. The standard InChI is InChI=1S/C16H17N7O/c1-3-15-18-14(20-24-15)7-9-22-10-12(19-21-22)16-13-6-4-5-8-23(13)11(2)17-16/h4-6,8,10H,3,7,9H2,1-2H3. The van der Waals surface area contributed by atoms with E-state index in [0.717, 1.165) is 29.1 Å². The van der Waals surface area contributed by atoms with E-state index in [2.05, 4.69) is 25.4 Å². The molecule has 0 amide bonds. The highest BCUT2D eigenvalue weighted by atomic mass is 16.5. The molecular weight excluding hydrogens is 306 g/mol. The van der Waals surface area contributed by atoms with Crippen LogP contribution >= 0.6 is 0 Å². The third-order valence-electron chi connectivity index (χ3n) is 3.88. The monoisotopic (exact) mass is 323 g/mol. The van der Waals surface area contributed by atoms with Crippen molar-refractivity contribution in [1.29, 1.82) is 0 Å². The first-order chi connectivity index (χ1) is 11.7. The lowest BCUT2D eigenvalue weighted by molar-refractivity contribution is 0.375. The smallest absolute Gasteiger partial charge is 0.226 e. The third kappa shape index (κ3) is 2.55. The predicted octanol–water partition coefficient (Wildman–Crippen LogP) is 2.09. The molecule has 0 aliphatic rings. The van der Waals surface area contributed by atoms with Gasteiger partial charge in [0.2, 0.25) is 5.89 Å². The summed E-state index contributed by atoms with van der Waals surface area (Å²) in [5.74, 6) is 2.27. The van der Waals surface area contributed by atoms with Gasteiger partial charge in [0.1, 0.15) is 17.2 Å². The molecule has 8 heteroatoms. The van der Waals surface area contributed by atoms with Crippen LogP contribution in [0.25, 0.3) is 16.9 Å². The molecule has 0 saturated heterocycles. The van der Waals surface area contributed by atoms with Crippen molar-refractivity contribution in [2.45, 2.75) is 33.2 Å². The van der Waals surface area contributed by atoms with E-state index < -0.39 is 0 Å². The van der Waals surface area contributed by atoms with Gasteiger partial charge in [0.05, 0.1) is 11.7 Å². The van der Waals surface area contributed by atoms with Crippen molar-refractivity contribution in [3.05, 3.63) is 48.1 Å². The first kappa shape index (κ1) is 14.6. The number of pyridine rings is 1. The summed E-state index contributed by atoms with van der Waals surface area (Å²) in [4.78, 5) is 8.91. The molecule has 0 radical (unpaired) electrons. The van der Waals surface area contributed by atoms with E-state index in [4.69, 9.17) is 4.52 Å². The van der Waals surface area contributed by atoms with Gasteiger partial charge in [0.15, 0.2) is 5.82 Å². The zero-order valence-electron chi connectivity index (χ0n) is 13.5. The van der Waals surface area contributed by atoms with Crippen LogP contribution in [0.4, 0.5) is 0 Å². The molecule has 8 nitrogen and oxygen atoms in total. The minimum Gasteiger partial charge on any atom is -0.339 e. The molecule has 122 valence electrons. The molecule has 4 aromatic heterocycles. The van der Waals surface area contributed by atoms with Crippen molar-refractivity contribution < 1.29 is 4.52 Å². The molecule has 4 aromatic rings. The third-order valence-corrected chi connectivity index (χ3v) is 3.88. The van der Waals surface area contributed by atoms with E-state index in [1.807, 2.05) is 48.8 Å². The highest BCUT2D eigenvalue weighted by molar-refractivity contribution is 5.74. The molecule has 0 aliphatic heterocycles. The summed E-state index contributed by atoms with van der Waals surface area (Å²) in [6, 6.07) is 6.00. The lowest BCUT2D eigenvalue weighted by Crippen LogP contribution is -2.03. The van der Waals surface area contributed by atoms with Crippen molar-refractivity contribution in [2.24, 2.45) is 0 Å². The van der Waals surface area contributed by atoms with E-state index in [0.29, 0.717) is 24.7 Å². The van der Waals surface area contributed by atoms with E-state index in [9.17, 15) is 0 Å². The van der Waals surface area contributed by atoms with Crippen molar-refractivity contribution in [3.8, 4) is 11.4 Å². The van der Waals surface area contributed by atoms with Gasteiger partial charge in [-0.25, -0.2) is 4.98 Å². The molecule has 0 atom stereocenters. The summed E-state index contributed by atoms with van der Waals surface area (Å²) in [6.45, 7) is 4.60. The lowest BCUT2D eigenvalue weighted by atomic mass is 10.3. The predicted molar refractivity (Wildman–Crippen MR) is 86.3 cm³/mol. The number of fused-ring (bicyclic) bond motifs is 1. The second-order valence-corrected chi connectivity index (χ2v) is 5.54. The molecule has 0 spiro atoms. The summed E-state index contributed by atoms with van der Waals surface area (Å²) in [5, 5.41) is 12.4. The number of hydrogen-bond acceptors (Lipinski definition) is 6. The molecule has 0 saturated carbocycles. The minimum absolute atomic E-state index is 0.639. The van der Waals surface area contributed by atoms with Gasteiger partial charge in [-0.05, 0) is 19.1 Å². The maximum Gasteiger partial charge on any atom is 0.226 e. The fraction of sp³-hybridized carbons (Fsp3) is 0.312. The topological polar surface area (TPSA) is 86.9 Å². The van der Waals surface area contributed by atoms with Crippen LogP contribution in [0.15, 0.2) is 35.1 Å².